The normalized spacial score (nSPS) is 18.3. The number of nitrogens with zero attached hydrogens (tertiary/aromatic N) is 3. The minimum Gasteiger partial charge on any atom is -0.378 e. The van der Waals surface area contributed by atoms with E-state index in [0.717, 1.165) is 5.82 Å². The van der Waals surface area contributed by atoms with Crippen LogP contribution in [-0.4, -0.2) is 56.7 Å². The van der Waals surface area contributed by atoms with Crippen molar-refractivity contribution >= 4 is 27.7 Å². The summed E-state index contributed by atoms with van der Waals surface area (Å²) in [7, 11) is -0.539. The predicted octanol–water partition coefficient (Wildman–Crippen LogP) is 2.76. The van der Waals surface area contributed by atoms with E-state index >= 15 is 0 Å². The smallest absolute Gasteiger partial charge is 0.306 e. The van der Waals surface area contributed by atoms with Crippen LogP contribution in [0.1, 0.15) is 41.9 Å². The molecule has 1 heterocycles. The highest BCUT2D eigenvalue weighted by atomic mass is 32.2. The highest BCUT2D eigenvalue weighted by Gasteiger charge is 2.29. The molecule has 9 nitrogen and oxygen atoms in total. The average molecular weight is 502 g/mol. The van der Waals surface area contributed by atoms with Crippen molar-refractivity contribution in [2.45, 2.75) is 44.7 Å². The molecule has 0 aliphatic heterocycles. The van der Waals surface area contributed by atoms with Crippen molar-refractivity contribution in [3.05, 3.63) is 41.0 Å². The molecule has 1 aliphatic carbocycles. The number of amides is 1. The van der Waals surface area contributed by atoms with Gasteiger partial charge in [0.25, 0.3) is 5.91 Å². The monoisotopic (exact) mass is 501 g/mol. The third-order valence-electron chi connectivity index (χ3n) is 5.29. The second kappa shape index (κ2) is 10.0. The number of anilines is 2. The third kappa shape index (κ3) is 6.27. The molecule has 34 heavy (non-hydrogen) atoms. The SMILES string of the molecule is Cc1nc(NC2CCC(NC(=O)c3cc(F)c(F)c(F)c3OS(C)(=O)=O)CC2)cc(N(C)C)n1. The zero-order chi connectivity index (χ0) is 25.2. The van der Waals surface area contributed by atoms with Gasteiger partial charge in [0.15, 0.2) is 17.4 Å². The molecule has 2 N–H and O–H groups in total. The van der Waals surface area contributed by atoms with Crippen molar-refractivity contribution in [1.29, 1.82) is 0 Å². The van der Waals surface area contributed by atoms with Crippen LogP contribution in [0.25, 0.3) is 0 Å². The number of rotatable bonds is 7. The van der Waals surface area contributed by atoms with Gasteiger partial charge < -0.3 is 19.7 Å². The highest BCUT2D eigenvalue weighted by molar-refractivity contribution is 7.86. The average Bonchev–Trinajstić information content (AvgIpc) is 2.74. The fraction of sp³-hybridized carbons (Fsp3) is 0.476. The Morgan fingerprint density at radius 2 is 1.68 bits per heavy atom. The van der Waals surface area contributed by atoms with Crippen LogP contribution in [0, 0.1) is 24.4 Å². The van der Waals surface area contributed by atoms with Crippen molar-refractivity contribution in [3.63, 3.8) is 0 Å². The molecule has 0 atom stereocenters. The van der Waals surface area contributed by atoms with Gasteiger partial charge in [-0.15, -0.1) is 0 Å². The quantitative estimate of drug-likeness (QED) is 0.440. The maximum atomic E-state index is 14.2. The summed E-state index contributed by atoms with van der Waals surface area (Å²) in [6, 6.07) is 2.00. The summed E-state index contributed by atoms with van der Waals surface area (Å²) in [4.78, 5) is 23.3. The summed E-state index contributed by atoms with van der Waals surface area (Å²) in [5.74, 6) is -5.51. The minimum absolute atomic E-state index is 0.0855. The first-order valence-electron chi connectivity index (χ1n) is 10.5. The lowest BCUT2D eigenvalue weighted by Gasteiger charge is -2.30. The van der Waals surface area contributed by atoms with E-state index in [9.17, 15) is 26.4 Å². The molecular weight excluding hydrogens is 475 g/mol. The first kappa shape index (κ1) is 25.5. The van der Waals surface area contributed by atoms with Gasteiger partial charge in [-0.25, -0.2) is 18.7 Å². The maximum Gasteiger partial charge on any atom is 0.306 e. The molecule has 1 fully saturated rings. The molecule has 1 aliphatic rings. The van der Waals surface area contributed by atoms with Crippen LogP contribution in [0.4, 0.5) is 24.8 Å². The Balaban J connectivity index is 1.66. The molecule has 2 aromatic rings. The molecular formula is C21H26F3N5O4S. The first-order valence-corrected chi connectivity index (χ1v) is 12.3. The summed E-state index contributed by atoms with van der Waals surface area (Å²) in [5.41, 5.74) is -0.741. The van der Waals surface area contributed by atoms with Gasteiger partial charge in [0.05, 0.1) is 11.8 Å². The van der Waals surface area contributed by atoms with Crippen LogP contribution >= 0.6 is 0 Å². The van der Waals surface area contributed by atoms with Gasteiger partial charge in [-0.2, -0.15) is 12.8 Å². The Morgan fingerprint density at radius 3 is 2.26 bits per heavy atom. The molecule has 1 saturated carbocycles. The van der Waals surface area contributed by atoms with E-state index in [2.05, 4.69) is 24.8 Å². The van der Waals surface area contributed by atoms with Gasteiger partial charge in [0.1, 0.15) is 17.5 Å². The van der Waals surface area contributed by atoms with E-state index in [-0.39, 0.29) is 12.1 Å². The van der Waals surface area contributed by atoms with Crippen molar-refractivity contribution in [3.8, 4) is 5.75 Å². The van der Waals surface area contributed by atoms with Crippen LogP contribution < -0.4 is 19.7 Å². The number of nitrogens with one attached hydrogen (secondary N) is 2. The minimum atomic E-state index is -4.30. The van der Waals surface area contributed by atoms with E-state index in [4.69, 9.17) is 0 Å². The Kier molecular flexibility index (Phi) is 7.54. The van der Waals surface area contributed by atoms with E-state index in [1.165, 1.54) is 0 Å². The number of carbonyl (C=O) groups excluding carboxylic acids is 1. The summed E-state index contributed by atoms with van der Waals surface area (Å²) in [5, 5.41) is 5.98. The highest BCUT2D eigenvalue weighted by Crippen LogP contribution is 2.29. The molecule has 0 radical (unpaired) electrons. The molecule has 0 spiro atoms. The number of halogens is 3. The molecule has 0 unspecified atom stereocenters. The van der Waals surface area contributed by atoms with E-state index in [1.807, 2.05) is 25.1 Å². The molecule has 1 amide bonds. The molecule has 0 bridgehead atoms. The summed E-state index contributed by atoms with van der Waals surface area (Å²) < 4.78 is 68.8. The topological polar surface area (TPSA) is 114 Å². The lowest BCUT2D eigenvalue weighted by atomic mass is 9.91. The van der Waals surface area contributed by atoms with Crippen LogP contribution in [0.3, 0.4) is 0 Å². The zero-order valence-corrected chi connectivity index (χ0v) is 20.0. The molecule has 0 saturated heterocycles. The Morgan fingerprint density at radius 1 is 1.06 bits per heavy atom. The van der Waals surface area contributed by atoms with E-state index < -0.39 is 44.8 Å². The van der Waals surface area contributed by atoms with Crippen molar-refractivity contribution in [1.82, 2.24) is 15.3 Å². The summed E-state index contributed by atoms with van der Waals surface area (Å²) in [6.45, 7) is 1.80. The molecule has 186 valence electrons. The van der Waals surface area contributed by atoms with Crippen molar-refractivity contribution in [2.75, 3.05) is 30.6 Å². The van der Waals surface area contributed by atoms with Gasteiger partial charge in [-0.1, -0.05) is 0 Å². The van der Waals surface area contributed by atoms with Gasteiger partial charge in [-0.05, 0) is 38.7 Å². The second-order valence-corrected chi connectivity index (χ2v) is 9.94. The Bertz CT molecular complexity index is 1190. The number of aryl methyl sites for hydroxylation is 1. The lowest BCUT2D eigenvalue weighted by molar-refractivity contribution is 0.0923. The second-order valence-electron chi connectivity index (χ2n) is 8.37. The van der Waals surface area contributed by atoms with Crippen LogP contribution in [0.2, 0.25) is 0 Å². The van der Waals surface area contributed by atoms with Gasteiger partial charge in [0, 0.05) is 32.2 Å². The molecule has 3 rings (SSSR count). The van der Waals surface area contributed by atoms with Crippen LogP contribution in [-0.2, 0) is 10.1 Å². The van der Waals surface area contributed by atoms with Gasteiger partial charge in [-0.3, -0.25) is 4.79 Å². The van der Waals surface area contributed by atoms with E-state index in [0.29, 0.717) is 49.6 Å². The van der Waals surface area contributed by atoms with E-state index in [1.54, 1.807) is 6.92 Å². The Hall–Kier alpha value is -3.09. The van der Waals surface area contributed by atoms with Crippen molar-refractivity contribution in [2.24, 2.45) is 0 Å². The largest absolute Gasteiger partial charge is 0.378 e. The lowest BCUT2D eigenvalue weighted by Crippen LogP contribution is -2.40. The third-order valence-corrected chi connectivity index (χ3v) is 5.76. The molecule has 1 aromatic heterocycles. The molecule has 13 heteroatoms. The number of carbonyl (C=O) groups is 1. The summed E-state index contributed by atoms with van der Waals surface area (Å²) >= 11 is 0. The zero-order valence-electron chi connectivity index (χ0n) is 19.2. The number of hydrogen-bond acceptors (Lipinski definition) is 8. The fourth-order valence-electron chi connectivity index (χ4n) is 3.69. The standard InChI is InChI=1S/C21H26F3N5O4S/c1-11-25-16(10-17(26-11)29(2)3)27-12-5-7-13(8-6-12)28-21(30)14-9-15(22)18(23)19(24)20(14)33-34(4,31)32/h9-10,12-13H,5-8H2,1-4H3,(H,28,30)(H,25,26,27). The van der Waals surface area contributed by atoms with Crippen LogP contribution in [0.5, 0.6) is 5.75 Å². The molecule has 1 aromatic carbocycles. The number of hydrogen-bond donors (Lipinski definition) is 2. The number of aromatic nitrogens is 2. The van der Waals surface area contributed by atoms with Gasteiger partial charge >= 0.3 is 10.1 Å². The predicted molar refractivity (Wildman–Crippen MR) is 120 cm³/mol. The van der Waals surface area contributed by atoms with Crippen molar-refractivity contribution < 1.29 is 30.6 Å². The Labute approximate surface area is 195 Å². The number of benzene rings is 1. The first-order chi connectivity index (χ1) is 15.8. The fourth-order valence-corrected chi connectivity index (χ4v) is 4.15. The van der Waals surface area contributed by atoms with Crippen LogP contribution in [0.15, 0.2) is 12.1 Å². The summed E-state index contributed by atoms with van der Waals surface area (Å²) in [6.07, 6.45) is 3.03. The maximum absolute atomic E-state index is 14.2. The van der Waals surface area contributed by atoms with Gasteiger partial charge in [0.2, 0.25) is 5.82 Å².